The molecular weight excluding hydrogens is 540 g/mol. The highest BCUT2D eigenvalue weighted by Crippen LogP contribution is 2.14. The number of rotatable bonds is 15. The summed E-state index contributed by atoms with van der Waals surface area (Å²) in [4.78, 5) is 50.7. The fourth-order valence-corrected chi connectivity index (χ4v) is 4.23. The van der Waals surface area contributed by atoms with Crippen molar-refractivity contribution in [2.75, 3.05) is 12.0 Å². The number of aliphatic hydroxyl groups excluding tert-OH is 1. The van der Waals surface area contributed by atoms with E-state index in [0.717, 1.165) is 0 Å². The third-order valence-corrected chi connectivity index (χ3v) is 6.67. The summed E-state index contributed by atoms with van der Waals surface area (Å²) in [5, 5.41) is 45.6. The van der Waals surface area contributed by atoms with Crippen LogP contribution in [-0.2, 0) is 32.0 Å². The first-order chi connectivity index (χ1) is 18.9. The summed E-state index contributed by atoms with van der Waals surface area (Å²) < 4.78 is 0. The summed E-state index contributed by atoms with van der Waals surface area (Å²) in [5.74, 6) is -3.02. The number of hydrogen-bond donors (Lipinski definition) is 8. The molecule has 0 aromatic heterocycles. The van der Waals surface area contributed by atoms with E-state index in [1.807, 2.05) is 0 Å². The zero-order valence-electron chi connectivity index (χ0n) is 22.2. The van der Waals surface area contributed by atoms with Crippen molar-refractivity contribution in [2.45, 2.75) is 56.5 Å². The van der Waals surface area contributed by atoms with Crippen LogP contribution in [0, 0.1) is 0 Å². The number of carbonyl (C=O) groups excluding carboxylic acids is 3. The number of nitrogens with two attached hydrogens (primary N) is 1. The molecule has 2 aromatic carbocycles. The minimum absolute atomic E-state index is 0.00603. The van der Waals surface area contributed by atoms with Crippen LogP contribution in [0.2, 0.25) is 0 Å². The van der Waals surface area contributed by atoms with Crippen LogP contribution in [0.5, 0.6) is 11.5 Å². The minimum atomic E-state index is -1.58. The Morgan fingerprint density at radius 3 is 1.75 bits per heavy atom. The predicted octanol–water partition coefficient (Wildman–Crippen LogP) is -0.117. The molecule has 0 spiro atoms. The molecule has 5 atom stereocenters. The molecule has 9 N–H and O–H groups in total. The second kappa shape index (κ2) is 15.7. The molecule has 0 aliphatic carbocycles. The van der Waals surface area contributed by atoms with Gasteiger partial charge in [-0.2, -0.15) is 11.8 Å². The molecule has 2 aromatic rings. The van der Waals surface area contributed by atoms with E-state index in [-0.39, 0.29) is 30.8 Å². The van der Waals surface area contributed by atoms with Crippen molar-refractivity contribution in [3.8, 4) is 11.5 Å². The molecule has 0 heterocycles. The quantitative estimate of drug-likeness (QED) is 0.141. The lowest BCUT2D eigenvalue weighted by Gasteiger charge is -2.26. The number of thioether (sulfide) groups is 1. The van der Waals surface area contributed by atoms with E-state index in [2.05, 4.69) is 16.0 Å². The monoisotopic (exact) mass is 576 g/mol. The number of aliphatic hydroxyl groups is 1. The number of amides is 3. The van der Waals surface area contributed by atoms with Gasteiger partial charge in [0, 0.05) is 6.42 Å². The second-order valence-electron chi connectivity index (χ2n) is 9.32. The van der Waals surface area contributed by atoms with Gasteiger partial charge in [-0.1, -0.05) is 24.3 Å². The Morgan fingerprint density at radius 2 is 1.27 bits per heavy atom. The number of nitrogens with one attached hydrogen (secondary N) is 3. The zero-order valence-corrected chi connectivity index (χ0v) is 23.1. The lowest BCUT2D eigenvalue weighted by Crippen LogP contribution is -2.58. The van der Waals surface area contributed by atoms with Crippen LogP contribution in [-0.4, -0.2) is 86.4 Å². The molecular formula is C27H36N4O8S. The van der Waals surface area contributed by atoms with E-state index >= 15 is 0 Å². The van der Waals surface area contributed by atoms with Crippen LogP contribution in [0.25, 0.3) is 0 Å². The minimum Gasteiger partial charge on any atom is -0.508 e. The van der Waals surface area contributed by atoms with Gasteiger partial charge in [0.1, 0.15) is 23.6 Å². The molecule has 0 bridgehead atoms. The van der Waals surface area contributed by atoms with Gasteiger partial charge in [0.25, 0.3) is 0 Å². The number of aliphatic carboxylic acids is 1. The second-order valence-corrected chi connectivity index (χ2v) is 10.3. The maximum absolute atomic E-state index is 13.4. The van der Waals surface area contributed by atoms with Crippen molar-refractivity contribution in [3.63, 3.8) is 0 Å². The largest absolute Gasteiger partial charge is 0.508 e. The highest BCUT2D eigenvalue weighted by molar-refractivity contribution is 7.98. The number of phenolic OH excluding ortho intramolecular Hbond substituents is 2. The number of benzene rings is 2. The average molecular weight is 577 g/mol. The van der Waals surface area contributed by atoms with Gasteiger partial charge < -0.3 is 42.1 Å². The molecule has 12 nitrogen and oxygen atoms in total. The number of phenols is 2. The molecule has 2 rings (SSSR count). The Kier molecular flexibility index (Phi) is 12.7. The first kappa shape index (κ1) is 32.4. The summed E-state index contributed by atoms with van der Waals surface area (Å²) in [7, 11) is 0. The highest BCUT2D eigenvalue weighted by atomic mass is 32.2. The molecule has 5 unspecified atom stereocenters. The van der Waals surface area contributed by atoms with Crippen molar-refractivity contribution < 1.29 is 39.6 Å². The fourth-order valence-electron chi connectivity index (χ4n) is 3.75. The summed E-state index contributed by atoms with van der Waals surface area (Å²) in [6.07, 6.45) is 0.719. The van der Waals surface area contributed by atoms with Gasteiger partial charge in [0.05, 0.1) is 12.1 Å². The van der Waals surface area contributed by atoms with Crippen molar-refractivity contribution in [2.24, 2.45) is 5.73 Å². The molecule has 40 heavy (non-hydrogen) atoms. The Bertz CT molecular complexity index is 1140. The van der Waals surface area contributed by atoms with Crippen LogP contribution in [0.1, 0.15) is 24.5 Å². The predicted molar refractivity (Wildman–Crippen MR) is 150 cm³/mol. The van der Waals surface area contributed by atoms with Gasteiger partial charge in [-0.3, -0.25) is 14.4 Å². The molecule has 0 aliphatic heterocycles. The summed E-state index contributed by atoms with van der Waals surface area (Å²) >= 11 is 1.41. The van der Waals surface area contributed by atoms with Crippen molar-refractivity contribution in [1.82, 2.24) is 16.0 Å². The Hall–Kier alpha value is -3.81. The van der Waals surface area contributed by atoms with E-state index in [1.165, 1.54) is 43.0 Å². The molecule has 13 heteroatoms. The Labute approximate surface area is 236 Å². The Morgan fingerprint density at radius 1 is 0.800 bits per heavy atom. The maximum atomic E-state index is 13.4. The molecule has 0 fully saturated rings. The number of carboxylic acid groups (broad SMARTS) is 1. The third-order valence-electron chi connectivity index (χ3n) is 6.03. The average Bonchev–Trinajstić information content (AvgIpc) is 2.90. The van der Waals surface area contributed by atoms with Gasteiger partial charge in [-0.15, -0.1) is 0 Å². The SMILES string of the molecule is CSCCC(NC(=O)C(Cc1ccc(O)cc1)NC(=O)C(N)Cc1ccc(O)cc1)C(=O)NC(C(=O)O)C(C)O. The van der Waals surface area contributed by atoms with Crippen LogP contribution in [0.3, 0.4) is 0 Å². The first-order valence-corrected chi connectivity index (χ1v) is 13.9. The van der Waals surface area contributed by atoms with E-state index in [4.69, 9.17) is 5.73 Å². The Balaban J connectivity index is 2.23. The number of carbonyl (C=O) groups is 4. The lowest BCUT2D eigenvalue weighted by molar-refractivity contribution is -0.145. The number of carboxylic acids is 1. The fraction of sp³-hybridized carbons (Fsp3) is 0.407. The van der Waals surface area contributed by atoms with Gasteiger partial charge >= 0.3 is 5.97 Å². The topological polar surface area (TPSA) is 211 Å². The first-order valence-electron chi connectivity index (χ1n) is 12.5. The molecule has 0 saturated carbocycles. The smallest absolute Gasteiger partial charge is 0.328 e. The third kappa shape index (κ3) is 10.4. The van der Waals surface area contributed by atoms with E-state index < -0.39 is 54.0 Å². The van der Waals surface area contributed by atoms with Gasteiger partial charge in [-0.25, -0.2) is 4.79 Å². The molecule has 0 aliphatic rings. The summed E-state index contributed by atoms with van der Waals surface area (Å²) in [6.45, 7) is 1.22. The summed E-state index contributed by atoms with van der Waals surface area (Å²) in [5.41, 5.74) is 7.39. The van der Waals surface area contributed by atoms with Gasteiger partial charge in [-0.05, 0) is 67.2 Å². The van der Waals surface area contributed by atoms with Crippen LogP contribution in [0.4, 0.5) is 0 Å². The highest BCUT2D eigenvalue weighted by Gasteiger charge is 2.32. The van der Waals surface area contributed by atoms with Crippen molar-refractivity contribution >= 4 is 35.5 Å². The van der Waals surface area contributed by atoms with E-state index in [9.17, 15) is 39.6 Å². The number of hydrogen-bond acceptors (Lipinski definition) is 9. The lowest BCUT2D eigenvalue weighted by atomic mass is 10.0. The zero-order chi connectivity index (χ0) is 29.8. The maximum Gasteiger partial charge on any atom is 0.328 e. The number of aromatic hydroxyl groups is 2. The molecule has 0 radical (unpaired) electrons. The van der Waals surface area contributed by atoms with Crippen molar-refractivity contribution in [3.05, 3.63) is 59.7 Å². The standard InChI is InChI=1S/C27H36N4O8S/c1-15(32)23(27(38)39)31-25(36)21(11-12-40-2)29-26(37)22(14-17-5-9-19(34)10-6-17)30-24(35)20(28)13-16-3-7-18(33)8-4-16/h3-10,15,20-23,32-34H,11-14,28H2,1-2H3,(H,29,37)(H,30,35)(H,31,36)(H,38,39). The normalized spacial score (nSPS) is 14.7. The molecule has 218 valence electrons. The van der Waals surface area contributed by atoms with E-state index in [1.54, 1.807) is 30.5 Å². The van der Waals surface area contributed by atoms with Crippen LogP contribution in [0.15, 0.2) is 48.5 Å². The van der Waals surface area contributed by atoms with Crippen LogP contribution >= 0.6 is 11.8 Å². The van der Waals surface area contributed by atoms with Gasteiger partial charge in [0.15, 0.2) is 6.04 Å². The van der Waals surface area contributed by atoms with Crippen molar-refractivity contribution in [1.29, 1.82) is 0 Å². The van der Waals surface area contributed by atoms with Crippen LogP contribution < -0.4 is 21.7 Å². The summed E-state index contributed by atoms with van der Waals surface area (Å²) in [6, 6.07) is 7.27. The van der Waals surface area contributed by atoms with Gasteiger partial charge in [0.2, 0.25) is 17.7 Å². The molecule has 0 saturated heterocycles. The van der Waals surface area contributed by atoms with E-state index in [0.29, 0.717) is 16.9 Å². The molecule has 3 amide bonds.